The molecule has 0 bridgehead atoms. The van der Waals surface area contributed by atoms with Crippen LogP contribution in [-0.4, -0.2) is 47.0 Å². The first-order chi connectivity index (χ1) is 14.4. The zero-order chi connectivity index (χ0) is 21.2. The van der Waals surface area contributed by atoms with E-state index in [0.29, 0.717) is 11.0 Å². The highest BCUT2D eigenvalue weighted by atomic mass is 35.5. The van der Waals surface area contributed by atoms with Crippen LogP contribution < -0.4 is 10.2 Å². The van der Waals surface area contributed by atoms with Crippen molar-refractivity contribution in [2.24, 2.45) is 4.99 Å². The maximum absolute atomic E-state index is 13.5. The molecule has 0 spiro atoms. The summed E-state index contributed by atoms with van der Waals surface area (Å²) in [6.07, 6.45) is 1.16. The number of carbonyl (C=O) groups is 2. The number of benzene rings is 2. The van der Waals surface area contributed by atoms with E-state index in [9.17, 15) is 14.0 Å². The minimum Gasteiger partial charge on any atom is -0.303 e. The topological polar surface area (TPSA) is 68.2 Å². The van der Waals surface area contributed by atoms with Crippen LogP contribution in [0, 0.1) is 12.7 Å². The van der Waals surface area contributed by atoms with Crippen molar-refractivity contribution in [1.82, 2.24) is 15.1 Å². The molecule has 2 aromatic rings. The lowest BCUT2D eigenvalue weighted by molar-refractivity contribution is -0.126. The number of hydrogen-bond acceptors (Lipinski definition) is 5. The Bertz CT molecular complexity index is 1150. The van der Waals surface area contributed by atoms with Gasteiger partial charge in [-0.15, -0.1) is 0 Å². The molecule has 30 heavy (non-hydrogen) atoms. The molecule has 1 N–H and O–H groups in total. The summed E-state index contributed by atoms with van der Waals surface area (Å²) in [6, 6.07) is 10.5. The van der Waals surface area contributed by atoms with Crippen molar-refractivity contribution in [3.63, 3.8) is 0 Å². The number of carbonyl (C=O) groups excluding carboxylic acids is 2. The lowest BCUT2D eigenvalue weighted by atomic mass is 10.1. The Kier molecular flexibility index (Phi) is 4.08. The molecule has 2 unspecified atom stereocenters. The van der Waals surface area contributed by atoms with Crippen LogP contribution in [-0.2, 0) is 4.79 Å². The van der Waals surface area contributed by atoms with Crippen molar-refractivity contribution >= 4 is 40.9 Å². The van der Waals surface area contributed by atoms with Gasteiger partial charge in [-0.3, -0.25) is 19.9 Å². The smallest absolute Gasteiger partial charge is 0.303 e. The molecule has 3 amide bonds. The van der Waals surface area contributed by atoms with Gasteiger partial charge in [-0.1, -0.05) is 17.7 Å². The molecule has 1 saturated heterocycles. The third kappa shape index (κ3) is 2.60. The Labute approximate surface area is 177 Å². The molecule has 0 aromatic heterocycles. The summed E-state index contributed by atoms with van der Waals surface area (Å²) in [5, 5.41) is 2.95. The van der Waals surface area contributed by atoms with Crippen LogP contribution in [0.15, 0.2) is 53.7 Å². The van der Waals surface area contributed by atoms with Gasteiger partial charge in [0.2, 0.25) is 5.96 Å². The second-order valence-electron chi connectivity index (χ2n) is 7.34. The predicted molar refractivity (Wildman–Crippen MR) is 111 cm³/mol. The molecule has 0 saturated carbocycles. The van der Waals surface area contributed by atoms with E-state index in [-0.39, 0.29) is 5.82 Å². The van der Waals surface area contributed by atoms with Crippen molar-refractivity contribution in [3.8, 4) is 0 Å². The van der Waals surface area contributed by atoms with Crippen molar-refractivity contribution in [2.75, 3.05) is 11.9 Å². The minimum absolute atomic E-state index is 0.340. The highest BCUT2D eigenvalue weighted by Gasteiger charge is 2.52. The third-order valence-corrected chi connectivity index (χ3v) is 6.01. The summed E-state index contributed by atoms with van der Waals surface area (Å²) >= 11 is 6.37. The lowest BCUT2D eigenvalue weighted by Gasteiger charge is -2.34. The van der Waals surface area contributed by atoms with E-state index in [1.54, 1.807) is 36.3 Å². The predicted octanol–water partition coefficient (Wildman–Crippen LogP) is 3.15. The van der Waals surface area contributed by atoms with Crippen molar-refractivity contribution < 1.29 is 14.0 Å². The number of likely N-dealkylation sites (N-methyl/N-ethyl adjacent to an activating group) is 1. The molecule has 2 aromatic carbocycles. The molecule has 3 aliphatic heterocycles. The fourth-order valence-electron chi connectivity index (χ4n) is 3.98. The van der Waals surface area contributed by atoms with Gasteiger partial charge < -0.3 is 4.90 Å². The zero-order valence-corrected chi connectivity index (χ0v) is 16.9. The molecule has 9 heteroatoms. The summed E-state index contributed by atoms with van der Waals surface area (Å²) in [4.78, 5) is 34.5. The van der Waals surface area contributed by atoms with E-state index in [1.807, 2.05) is 24.0 Å². The van der Waals surface area contributed by atoms with Crippen molar-refractivity contribution in [3.05, 3.63) is 70.6 Å². The summed E-state index contributed by atoms with van der Waals surface area (Å²) < 4.78 is 13.5. The fraction of sp³-hybridized carbons (Fsp3) is 0.190. The Hall–Kier alpha value is -3.39. The largest absolute Gasteiger partial charge is 0.325 e. The number of nitrogens with one attached hydrogen (secondary N) is 1. The first-order valence-electron chi connectivity index (χ1n) is 9.33. The Morgan fingerprint density at radius 3 is 2.60 bits per heavy atom. The number of halogens is 2. The van der Waals surface area contributed by atoms with Gasteiger partial charge in [-0.25, -0.2) is 14.2 Å². The second kappa shape index (κ2) is 6.56. The van der Waals surface area contributed by atoms with Gasteiger partial charge in [-0.2, -0.15) is 0 Å². The van der Waals surface area contributed by atoms with Crippen LogP contribution in [0.5, 0.6) is 0 Å². The van der Waals surface area contributed by atoms with Gasteiger partial charge in [0.15, 0.2) is 12.2 Å². The molecule has 0 radical (unpaired) electrons. The Balaban J connectivity index is 1.68. The van der Waals surface area contributed by atoms with E-state index in [0.717, 1.165) is 22.5 Å². The first kappa shape index (κ1) is 18.6. The number of fused-ring (bicyclic) bond motifs is 3. The molecular weight excluding hydrogens is 409 g/mol. The van der Waals surface area contributed by atoms with Crippen LogP contribution in [0.1, 0.15) is 11.1 Å². The van der Waals surface area contributed by atoms with Crippen molar-refractivity contribution in [2.45, 2.75) is 19.1 Å². The summed E-state index contributed by atoms with van der Waals surface area (Å²) in [5.74, 6) is -0.250. The molecule has 152 valence electrons. The minimum atomic E-state index is -0.692. The average molecular weight is 426 g/mol. The molecule has 1 fully saturated rings. The maximum Gasteiger partial charge on any atom is 0.325 e. The van der Waals surface area contributed by atoms with E-state index >= 15 is 0 Å². The van der Waals surface area contributed by atoms with E-state index in [4.69, 9.17) is 16.6 Å². The number of guanidine groups is 1. The van der Waals surface area contributed by atoms with Gasteiger partial charge in [0.25, 0.3) is 5.91 Å². The van der Waals surface area contributed by atoms with Crippen LogP contribution in [0.4, 0.5) is 14.9 Å². The molecule has 5 rings (SSSR count). The van der Waals surface area contributed by atoms with Crippen LogP contribution >= 0.6 is 11.6 Å². The molecule has 2 atom stereocenters. The third-order valence-electron chi connectivity index (χ3n) is 5.60. The van der Waals surface area contributed by atoms with E-state index in [2.05, 4.69) is 5.32 Å². The molecular formula is C21H17ClFN5O2. The molecule has 0 aliphatic carbocycles. The van der Waals surface area contributed by atoms with Crippen LogP contribution in [0.3, 0.4) is 0 Å². The fourth-order valence-corrected chi connectivity index (χ4v) is 4.15. The number of urea groups is 1. The number of anilines is 1. The quantitative estimate of drug-likeness (QED) is 0.802. The van der Waals surface area contributed by atoms with Crippen molar-refractivity contribution in [1.29, 1.82) is 0 Å². The van der Waals surface area contributed by atoms with Gasteiger partial charge in [0.05, 0.1) is 11.4 Å². The monoisotopic (exact) mass is 425 g/mol. The molecule has 7 nitrogen and oxygen atoms in total. The van der Waals surface area contributed by atoms with Gasteiger partial charge >= 0.3 is 6.03 Å². The van der Waals surface area contributed by atoms with Gasteiger partial charge in [-0.05, 0) is 48.9 Å². The SMILES string of the molecule is Cc1c(Cl)cccc1N1C(c2ccc(F)cc2)=CN2C1=NC1C2C(=O)NC(=O)N1C. The van der Waals surface area contributed by atoms with E-state index < -0.39 is 24.1 Å². The zero-order valence-electron chi connectivity index (χ0n) is 16.1. The number of hydrogen-bond donors (Lipinski definition) is 1. The van der Waals surface area contributed by atoms with Gasteiger partial charge in [0, 0.05) is 23.8 Å². The molecule has 3 heterocycles. The van der Waals surface area contributed by atoms with Gasteiger partial charge in [0.1, 0.15) is 5.82 Å². The number of nitrogens with zero attached hydrogens (tertiary/aromatic N) is 4. The Morgan fingerprint density at radius 1 is 1.13 bits per heavy atom. The highest BCUT2D eigenvalue weighted by molar-refractivity contribution is 6.32. The Morgan fingerprint density at radius 2 is 1.87 bits per heavy atom. The van der Waals surface area contributed by atoms with E-state index in [1.165, 1.54) is 17.0 Å². The summed E-state index contributed by atoms with van der Waals surface area (Å²) in [6.45, 7) is 1.90. The molecule has 3 aliphatic rings. The van der Waals surface area contributed by atoms with Crippen LogP contribution in [0.25, 0.3) is 5.70 Å². The standard InChI is InChI=1S/C21H17ClFN5O2/c1-11-14(22)4-3-5-15(11)28-16(12-6-8-13(23)9-7-12)10-27-17-18(24-20(27)28)26(2)21(30)25-19(17)29/h3-10,17-18H,1-2H3,(H,25,29,30). The highest BCUT2D eigenvalue weighted by Crippen LogP contribution is 2.41. The normalized spacial score (nSPS) is 22.6. The number of imide groups is 1. The first-order valence-corrected chi connectivity index (χ1v) is 9.71. The number of amides is 3. The number of aliphatic imine (C=N–C) groups is 1. The maximum atomic E-state index is 13.5. The lowest BCUT2D eigenvalue weighted by Crippen LogP contribution is -2.62. The summed E-state index contributed by atoms with van der Waals surface area (Å²) in [5.41, 5.74) is 3.10. The summed E-state index contributed by atoms with van der Waals surface area (Å²) in [7, 11) is 1.60. The second-order valence-corrected chi connectivity index (χ2v) is 7.75. The number of rotatable bonds is 2. The van der Waals surface area contributed by atoms with Crippen LogP contribution in [0.2, 0.25) is 5.02 Å². The average Bonchev–Trinajstić information content (AvgIpc) is 3.26.